The van der Waals surface area contributed by atoms with Crippen LogP contribution in [0, 0.1) is 0 Å². The third kappa shape index (κ3) is 3.40. The van der Waals surface area contributed by atoms with Crippen LogP contribution in [0.15, 0.2) is 58.6 Å². The number of hydrogen-bond donors (Lipinski definition) is 2. The standard InChI is InChI=1S/C20H17N3O5S/c1-2-28-20(25)15-10-22-18-17(15)14-9-13(3-4-16(14)23-19(18)24)29(26,27)11-12-5-7-21-8-6-12/h3-10,22H,2,11H2,1H3,(H,23,24). The number of aromatic nitrogens is 3. The second kappa shape index (κ2) is 7.17. The van der Waals surface area contributed by atoms with E-state index in [1.54, 1.807) is 19.1 Å². The first kappa shape index (κ1) is 18.9. The van der Waals surface area contributed by atoms with Crippen LogP contribution in [0.3, 0.4) is 0 Å². The van der Waals surface area contributed by atoms with Crippen LogP contribution in [-0.2, 0) is 20.3 Å². The van der Waals surface area contributed by atoms with Gasteiger partial charge in [-0.25, -0.2) is 13.2 Å². The summed E-state index contributed by atoms with van der Waals surface area (Å²) in [5, 5.41) is 0.780. The number of fused-ring (bicyclic) bond motifs is 3. The molecule has 0 bridgehead atoms. The zero-order valence-corrected chi connectivity index (χ0v) is 16.2. The Morgan fingerprint density at radius 3 is 2.66 bits per heavy atom. The molecule has 2 N–H and O–H groups in total. The normalized spacial score (nSPS) is 11.8. The minimum absolute atomic E-state index is 0.0890. The smallest absolute Gasteiger partial charge is 0.340 e. The van der Waals surface area contributed by atoms with Crippen LogP contribution in [-0.4, -0.2) is 35.9 Å². The Balaban J connectivity index is 1.92. The minimum Gasteiger partial charge on any atom is -0.462 e. The number of carbonyl (C=O) groups excluding carboxylic acids is 1. The molecule has 29 heavy (non-hydrogen) atoms. The summed E-state index contributed by atoms with van der Waals surface area (Å²) in [5.41, 5.74) is 0.998. The van der Waals surface area contributed by atoms with Crippen molar-refractivity contribution in [2.24, 2.45) is 0 Å². The van der Waals surface area contributed by atoms with Crippen molar-refractivity contribution in [3.63, 3.8) is 0 Å². The van der Waals surface area contributed by atoms with E-state index in [1.165, 1.54) is 36.8 Å². The van der Waals surface area contributed by atoms with Crippen molar-refractivity contribution in [2.45, 2.75) is 17.6 Å². The summed E-state index contributed by atoms with van der Waals surface area (Å²) in [7, 11) is -3.66. The largest absolute Gasteiger partial charge is 0.462 e. The van der Waals surface area contributed by atoms with Crippen LogP contribution < -0.4 is 5.56 Å². The molecule has 3 aromatic heterocycles. The fraction of sp³-hybridized carbons (Fsp3) is 0.150. The second-order valence-electron chi connectivity index (χ2n) is 6.45. The number of H-pyrrole nitrogens is 2. The minimum atomic E-state index is -3.66. The lowest BCUT2D eigenvalue weighted by molar-refractivity contribution is 0.0529. The molecule has 0 amide bonds. The molecule has 0 aliphatic rings. The van der Waals surface area contributed by atoms with E-state index in [9.17, 15) is 18.0 Å². The molecule has 0 spiro atoms. The summed E-state index contributed by atoms with van der Waals surface area (Å²) in [6.07, 6.45) is 4.46. The summed E-state index contributed by atoms with van der Waals surface area (Å²) < 4.78 is 30.9. The van der Waals surface area contributed by atoms with Crippen LogP contribution >= 0.6 is 0 Å². The first-order chi connectivity index (χ1) is 13.9. The molecule has 0 aliphatic heterocycles. The molecule has 3 heterocycles. The maximum absolute atomic E-state index is 12.9. The molecule has 0 radical (unpaired) electrons. The predicted octanol–water partition coefficient (Wildman–Crippen LogP) is 2.56. The van der Waals surface area contributed by atoms with Crippen molar-refractivity contribution < 1.29 is 17.9 Å². The molecule has 0 atom stereocenters. The number of esters is 1. The Labute approximate surface area is 165 Å². The maximum atomic E-state index is 12.9. The summed E-state index contributed by atoms with van der Waals surface area (Å²) in [5.74, 6) is -0.776. The Kier molecular flexibility index (Phi) is 4.67. The van der Waals surface area contributed by atoms with Crippen LogP contribution in [0.2, 0.25) is 0 Å². The highest BCUT2D eigenvalue weighted by Crippen LogP contribution is 2.28. The van der Waals surface area contributed by atoms with Gasteiger partial charge in [0.1, 0.15) is 5.52 Å². The summed E-state index contributed by atoms with van der Waals surface area (Å²) in [6, 6.07) is 7.72. The lowest BCUT2D eigenvalue weighted by atomic mass is 10.1. The van der Waals surface area contributed by atoms with Gasteiger partial charge in [-0.3, -0.25) is 9.78 Å². The molecule has 8 nitrogen and oxygen atoms in total. The van der Waals surface area contributed by atoms with Crippen LogP contribution in [0.1, 0.15) is 22.8 Å². The van der Waals surface area contributed by atoms with Crippen LogP contribution in [0.25, 0.3) is 21.8 Å². The number of carbonyl (C=O) groups is 1. The lowest BCUT2D eigenvalue weighted by Gasteiger charge is -2.08. The van der Waals surface area contributed by atoms with Crippen molar-refractivity contribution in [1.82, 2.24) is 15.0 Å². The molecule has 4 rings (SSSR count). The molecule has 9 heteroatoms. The number of hydrogen-bond acceptors (Lipinski definition) is 6. The van der Waals surface area contributed by atoms with Gasteiger partial charge in [-0.1, -0.05) is 0 Å². The van der Waals surface area contributed by atoms with E-state index in [0.29, 0.717) is 21.9 Å². The van der Waals surface area contributed by atoms with Crippen molar-refractivity contribution in [1.29, 1.82) is 0 Å². The fourth-order valence-electron chi connectivity index (χ4n) is 3.25. The van der Waals surface area contributed by atoms with E-state index < -0.39 is 21.4 Å². The van der Waals surface area contributed by atoms with E-state index in [1.807, 2.05) is 0 Å². The van der Waals surface area contributed by atoms with Gasteiger partial charge < -0.3 is 14.7 Å². The summed E-state index contributed by atoms with van der Waals surface area (Å²) in [4.78, 5) is 34.1. The molecular formula is C20H17N3O5S. The number of pyridine rings is 2. The average molecular weight is 411 g/mol. The Bertz CT molecular complexity index is 1390. The van der Waals surface area contributed by atoms with Gasteiger partial charge in [-0.05, 0) is 42.8 Å². The number of ether oxygens (including phenoxy) is 1. The van der Waals surface area contributed by atoms with Gasteiger partial charge in [-0.2, -0.15) is 0 Å². The molecule has 4 aromatic rings. The van der Waals surface area contributed by atoms with Crippen molar-refractivity contribution in [3.05, 3.63) is 70.4 Å². The van der Waals surface area contributed by atoms with E-state index >= 15 is 0 Å². The van der Waals surface area contributed by atoms with Crippen molar-refractivity contribution in [2.75, 3.05) is 6.61 Å². The molecule has 1 aromatic carbocycles. The number of nitrogens with one attached hydrogen (secondary N) is 2. The zero-order chi connectivity index (χ0) is 20.6. The number of rotatable bonds is 5. The Morgan fingerprint density at radius 2 is 1.93 bits per heavy atom. The number of sulfone groups is 1. The number of nitrogens with zero attached hydrogens (tertiary/aromatic N) is 1. The van der Waals surface area contributed by atoms with Crippen molar-refractivity contribution in [3.8, 4) is 0 Å². The number of aromatic amines is 2. The molecule has 0 saturated heterocycles. The third-order valence-corrected chi connectivity index (χ3v) is 6.26. The Morgan fingerprint density at radius 1 is 1.17 bits per heavy atom. The van der Waals surface area contributed by atoms with Crippen LogP contribution in [0.5, 0.6) is 0 Å². The lowest BCUT2D eigenvalue weighted by Crippen LogP contribution is -2.09. The average Bonchev–Trinajstić information content (AvgIpc) is 3.15. The fourth-order valence-corrected chi connectivity index (χ4v) is 4.62. The maximum Gasteiger partial charge on any atom is 0.340 e. The molecule has 0 fully saturated rings. The monoisotopic (exact) mass is 411 g/mol. The first-order valence-corrected chi connectivity index (χ1v) is 10.5. The molecule has 0 aliphatic carbocycles. The first-order valence-electron chi connectivity index (χ1n) is 8.86. The van der Waals surface area contributed by atoms with Gasteiger partial charge in [0.25, 0.3) is 5.56 Å². The van der Waals surface area contributed by atoms with Crippen LogP contribution in [0.4, 0.5) is 0 Å². The summed E-state index contributed by atoms with van der Waals surface area (Å²) in [6.45, 7) is 1.86. The van der Waals surface area contributed by atoms with Gasteiger partial charge in [-0.15, -0.1) is 0 Å². The van der Waals surface area contributed by atoms with Gasteiger partial charge >= 0.3 is 5.97 Å². The SMILES string of the molecule is CCOC(=O)c1c[nH]c2c(=O)[nH]c3ccc(S(=O)(=O)Cc4ccncc4)cc3c12. The van der Waals surface area contributed by atoms with Gasteiger partial charge in [0, 0.05) is 34.9 Å². The van der Waals surface area contributed by atoms with Gasteiger partial charge in [0.15, 0.2) is 9.84 Å². The highest BCUT2D eigenvalue weighted by Gasteiger charge is 2.21. The predicted molar refractivity (Wildman–Crippen MR) is 108 cm³/mol. The highest BCUT2D eigenvalue weighted by molar-refractivity contribution is 7.90. The van der Waals surface area contributed by atoms with E-state index in [-0.39, 0.29) is 28.3 Å². The number of benzene rings is 1. The van der Waals surface area contributed by atoms with E-state index in [2.05, 4.69) is 15.0 Å². The quantitative estimate of drug-likeness (QED) is 0.487. The van der Waals surface area contributed by atoms with E-state index in [4.69, 9.17) is 4.74 Å². The summed E-state index contributed by atoms with van der Waals surface area (Å²) >= 11 is 0. The molecule has 148 valence electrons. The molecule has 0 saturated carbocycles. The van der Waals surface area contributed by atoms with Crippen molar-refractivity contribution >= 4 is 37.6 Å². The molecule has 0 unspecified atom stereocenters. The second-order valence-corrected chi connectivity index (χ2v) is 8.44. The topological polar surface area (TPSA) is 122 Å². The third-order valence-electron chi connectivity index (χ3n) is 4.58. The van der Waals surface area contributed by atoms with Gasteiger partial charge in [0.2, 0.25) is 0 Å². The van der Waals surface area contributed by atoms with E-state index in [0.717, 1.165) is 0 Å². The highest BCUT2D eigenvalue weighted by atomic mass is 32.2. The zero-order valence-electron chi connectivity index (χ0n) is 15.4. The van der Waals surface area contributed by atoms with Gasteiger partial charge in [0.05, 0.1) is 22.8 Å². The molecular weight excluding hydrogens is 394 g/mol. The Hall–Kier alpha value is -3.46.